The number of benzene rings is 1. The van der Waals surface area contributed by atoms with Crippen LogP contribution in [0.3, 0.4) is 0 Å². The molecule has 0 atom stereocenters. The van der Waals surface area contributed by atoms with E-state index in [1.165, 1.54) is 19.3 Å². The van der Waals surface area contributed by atoms with Crippen LogP contribution in [0, 0.1) is 19.8 Å². The molecular formula is C22H24ClN3O2. The first-order chi connectivity index (χ1) is 13.5. The van der Waals surface area contributed by atoms with E-state index in [2.05, 4.69) is 9.97 Å². The molecule has 0 aliphatic heterocycles. The molecule has 1 saturated carbocycles. The summed E-state index contributed by atoms with van der Waals surface area (Å²) in [4.78, 5) is 21.9. The maximum atomic E-state index is 12.7. The zero-order valence-electron chi connectivity index (χ0n) is 16.5. The Hall–Kier alpha value is -2.40. The molecule has 0 N–H and O–H groups in total. The van der Waals surface area contributed by atoms with Gasteiger partial charge in [-0.2, -0.15) is 0 Å². The summed E-state index contributed by atoms with van der Waals surface area (Å²) in [6.07, 6.45) is 6.55. The van der Waals surface area contributed by atoms with Crippen molar-refractivity contribution in [1.82, 2.24) is 14.5 Å². The Morgan fingerprint density at radius 1 is 1.25 bits per heavy atom. The van der Waals surface area contributed by atoms with Crippen molar-refractivity contribution in [3.8, 4) is 16.9 Å². The highest BCUT2D eigenvalue weighted by Crippen LogP contribution is 2.36. The Labute approximate surface area is 169 Å². The summed E-state index contributed by atoms with van der Waals surface area (Å²) in [5.74, 6) is 1.49. The van der Waals surface area contributed by atoms with Crippen molar-refractivity contribution in [2.24, 2.45) is 5.92 Å². The minimum Gasteiger partial charge on any atom is -0.495 e. The van der Waals surface area contributed by atoms with Crippen molar-refractivity contribution in [3.05, 3.63) is 51.0 Å². The summed E-state index contributed by atoms with van der Waals surface area (Å²) in [5.41, 5.74) is 4.72. The van der Waals surface area contributed by atoms with Gasteiger partial charge in [0, 0.05) is 18.3 Å². The number of hydrogen-bond donors (Lipinski definition) is 0. The standard InChI is InChI=1S/C22H24ClN3O2/c1-13-11-19(28-3)18(23)12-17(13)16-8-9-24-21-20(16)25-14(2)22(27)26(21)10-4-5-15-6-7-15/h8-9,11-12,15H,4-7,10H2,1-3H3. The molecule has 4 rings (SSSR count). The smallest absolute Gasteiger partial charge is 0.273 e. The number of hydrogen-bond acceptors (Lipinski definition) is 4. The lowest BCUT2D eigenvalue weighted by Gasteiger charge is -2.15. The predicted molar refractivity (Wildman–Crippen MR) is 112 cm³/mol. The van der Waals surface area contributed by atoms with Crippen molar-refractivity contribution in [2.75, 3.05) is 7.11 Å². The first-order valence-corrected chi connectivity index (χ1v) is 10.1. The molecule has 0 radical (unpaired) electrons. The topological polar surface area (TPSA) is 57.0 Å². The van der Waals surface area contributed by atoms with E-state index in [1.807, 2.05) is 25.1 Å². The molecule has 0 amide bonds. The third-order valence-electron chi connectivity index (χ3n) is 5.47. The first-order valence-electron chi connectivity index (χ1n) is 9.70. The van der Waals surface area contributed by atoms with Gasteiger partial charge >= 0.3 is 0 Å². The summed E-state index contributed by atoms with van der Waals surface area (Å²) in [7, 11) is 1.60. The molecule has 6 heteroatoms. The van der Waals surface area contributed by atoms with Crippen LogP contribution < -0.4 is 10.3 Å². The lowest BCUT2D eigenvalue weighted by atomic mass is 10.00. The maximum absolute atomic E-state index is 12.7. The van der Waals surface area contributed by atoms with Gasteiger partial charge in [0.1, 0.15) is 17.0 Å². The van der Waals surface area contributed by atoms with Gasteiger partial charge in [-0.05, 0) is 61.9 Å². The summed E-state index contributed by atoms with van der Waals surface area (Å²) >= 11 is 6.38. The number of ether oxygens (including phenoxy) is 1. The van der Waals surface area contributed by atoms with E-state index in [0.29, 0.717) is 28.7 Å². The second-order valence-electron chi connectivity index (χ2n) is 7.57. The molecule has 1 aliphatic rings. The molecule has 28 heavy (non-hydrogen) atoms. The highest BCUT2D eigenvalue weighted by atomic mass is 35.5. The zero-order chi connectivity index (χ0) is 19.8. The summed E-state index contributed by atoms with van der Waals surface area (Å²) in [6.45, 7) is 4.46. The molecule has 0 spiro atoms. The molecule has 5 nitrogen and oxygen atoms in total. The number of halogens is 1. The lowest BCUT2D eigenvalue weighted by Crippen LogP contribution is -2.25. The van der Waals surface area contributed by atoms with Crippen LogP contribution in [-0.2, 0) is 6.54 Å². The van der Waals surface area contributed by atoms with E-state index in [4.69, 9.17) is 16.3 Å². The fraction of sp³-hybridized carbons (Fsp3) is 0.409. The lowest BCUT2D eigenvalue weighted by molar-refractivity contribution is 0.415. The minimum atomic E-state index is -0.0579. The third kappa shape index (κ3) is 3.51. The van der Waals surface area contributed by atoms with E-state index in [9.17, 15) is 4.79 Å². The van der Waals surface area contributed by atoms with Crippen molar-refractivity contribution in [1.29, 1.82) is 0 Å². The number of methoxy groups -OCH3 is 1. The second-order valence-corrected chi connectivity index (χ2v) is 7.98. The van der Waals surface area contributed by atoms with E-state index in [0.717, 1.165) is 34.5 Å². The fourth-order valence-electron chi connectivity index (χ4n) is 3.73. The summed E-state index contributed by atoms with van der Waals surface area (Å²) in [5, 5.41) is 0.544. The SMILES string of the molecule is COc1cc(C)c(-c2ccnc3c2nc(C)c(=O)n3CCCC2CC2)cc1Cl. The van der Waals surface area contributed by atoms with Crippen LogP contribution in [-0.4, -0.2) is 21.6 Å². The highest BCUT2D eigenvalue weighted by Gasteiger charge is 2.21. The average molecular weight is 398 g/mol. The van der Waals surface area contributed by atoms with Crippen LogP contribution in [0.4, 0.5) is 0 Å². The van der Waals surface area contributed by atoms with Gasteiger partial charge in [0.05, 0.1) is 12.1 Å². The van der Waals surface area contributed by atoms with Gasteiger partial charge in [0.25, 0.3) is 5.56 Å². The number of aryl methyl sites for hydroxylation is 3. The number of rotatable bonds is 6. The summed E-state index contributed by atoms with van der Waals surface area (Å²) < 4.78 is 7.10. The van der Waals surface area contributed by atoms with Crippen molar-refractivity contribution < 1.29 is 4.74 Å². The van der Waals surface area contributed by atoms with Crippen LogP contribution in [0.1, 0.15) is 36.9 Å². The molecule has 1 aromatic carbocycles. The van der Waals surface area contributed by atoms with Crippen molar-refractivity contribution in [2.45, 2.75) is 46.1 Å². The number of fused-ring (bicyclic) bond motifs is 1. The van der Waals surface area contributed by atoms with Crippen LogP contribution in [0.5, 0.6) is 5.75 Å². The van der Waals surface area contributed by atoms with Crippen LogP contribution in [0.2, 0.25) is 5.02 Å². The Morgan fingerprint density at radius 2 is 2.04 bits per heavy atom. The van der Waals surface area contributed by atoms with Gasteiger partial charge in [-0.3, -0.25) is 9.36 Å². The molecule has 146 valence electrons. The molecule has 1 fully saturated rings. The number of aromatic nitrogens is 3. The first kappa shape index (κ1) is 18.9. The van der Waals surface area contributed by atoms with Gasteiger partial charge in [-0.1, -0.05) is 24.4 Å². The second kappa shape index (κ2) is 7.55. The molecule has 0 bridgehead atoms. The average Bonchev–Trinajstić information content (AvgIpc) is 3.50. The molecule has 3 aromatic rings. The zero-order valence-corrected chi connectivity index (χ0v) is 17.2. The van der Waals surface area contributed by atoms with Gasteiger partial charge in [-0.15, -0.1) is 0 Å². The summed E-state index contributed by atoms with van der Waals surface area (Å²) in [6, 6.07) is 5.74. The Kier molecular flexibility index (Phi) is 5.11. The van der Waals surface area contributed by atoms with Gasteiger partial charge in [-0.25, -0.2) is 9.97 Å². The Balaban J connectivity index is 1.85. The van der Waals surface area contributed by atoms with Gasteiger partial charge < -0.3 is 4.74 Å². The molecule has 0 saturated heterocycles. The van der Waals surface area contributed by atoms with Gasteiger partial charge in [0.2, 0.25) is 0 Å². The third-order valence-corrected chi connectivity index (χ3v) is 5.77. The number of nitrogens with zero attached hydrogens (tertiary/aromatic N) is 3. The molecule has 2 aromatic heterocycles. The largest absolute Gasteiger partial charge is 0.495 e. The molecule has 1 aliphatic carbocycles. The van der Waals surface area contributed by atoms with Crippen LogP contribution in [0.25, 0.3) is 22.3 Å². The molecule has 2 heterocycles. The quantitative estimate of drug-likeness (QED) is 0.591. The van der Waals surface area contributed by atoms with Crippen LogP contribution >= 0.6 is 11.6 Å². The van der Waals surface area contributed by atoms with Gasteiger partial charge in [0.15, 0.2) is 5.65 Å². The highest BCUT2D eigenvalue weighted by molar-refractivity contribution is 6.32. The van der Waals surface area contributed by atoms with E-state index >= 15 is 0 Å². The van der Waals surface area contributed by atoms with E-state index < -0.39 is 0 Å². The monoisotopic (exact) mass is 397 g/mol. The van der Waals surface area contributed by atoms with Crippen molar-refractivity contribution in [3.63, 3.8) is 0 Å². The molecular weight excluding hydrogens is 374 g/mol. The molecule has 0 unspecified atom stereocenters. The Bertz CT molecular complexity index is 1100. The minimum absolute atomic E-state index is 0.0579. The predicted octanol–water partition coefficient (Wildman–Crippen LogP) is 4.93. The van der Waals surface area contributed by atoms with Crippen LogP contribution in [0.15, 0.2) is 29.2 Å². The van der Waals surface area contributed by atoms with E-state index in [1.54, 1.807) is 24.8 Å². The number of pyridine rings is 1. The Morgan fingerprint density at radius 3 is 2.75 bits per heavy atom. The maximum Gasteiger partial charge on any atom is 0.273 e. The van der Waals surface area contributed by atoms with E-state index in [-0.39, 0.29) is 5.56 Å². The normalized spacial score (nSPS) is 13.9. The van der Waals surface area contributed by atoms with Crippen molar-refractivity contribution >= 4 is 22.8 Å². The fourth-order valence-corrected chi connectivity index (χ4v) is 3.97.